The van der Waals surface area contributed by atoms with Crippen LogP contribution in [0.25, 0.3) is 0 Å². The normalized spacial score (nSPS) is 17.1. The Bertz CT molecular complexity index is 745. The standard InChI is InChI=1S/C23H32ClNO6/c1-2-5-17(21(28)29)13-23(10-3-4-11-23)22(30)25-19(12-20(26)27)15-31-14-16-6-8-18(24)9-7-16/h6-9,17,19H,2-5,10-15H2,1H3,(H,25,30)(H,26,27)(H,28,29). The van der Waals surface area contributed by atoms with Crippen LogP contribution in [0, 0.1) is 11.3 Å². The molecule has 0 heterocycles. The van der Waals surface area contributed by atoms with Gasteiger partial charge in [-0.05, 0) is 43.4 Å². The molecule has 1 aliphatic carbocycles. The summed E-state index contributed by atoms with van der Waals surface area (Å²) in [7, 11) is 0. The number of hydrogen-bond donors (Lipinski definition) is 3. The number of rotatable bonds is 13. The van der Waals surface area contributed by atoms with E-state index in [1.54, 1.807) is 12.1 Å². The van der Waals surface area contributed by atoms with Crippen LogP contribution in [0.4, 0.5) is 0 Å². The van der Waals surface area contributed by atoms with Gasteiger partial charge in [0.2, 0.25) is 5.91 Å². The lowest BCUT2D eigenvalue weighted by molar-refractivity contribution is -0.144. The van der Waals surface area contributed by atoms with Crippen LogP contribution in [-0.2, 0) is 25.7 Å². The van der Waals surface area contributed by atoms with Gasteiger partial charge >= 0.3 is 11.9 Å². The third-order valence-corrected chi connectivity index (χ3v) is 6.18. The van der Waals surface area contributed by atoms with Gasteiger partial charge in [0.15, 0.2) is 0 Å². The first-order valence-corrected chi connectivity index (χ1v) is 11.2. The summed E-state index contributed by atoms with van der Waals surface area (Å²) in [6, 6.07) is 6.44. The third kappa shape index (κ3) is 7.82. The molecule has 7 nitrogen and oxygen atoms in total. The summed E-state index contributed by atoms with van der Waals surface area (Å²) in [4.78, 5) is 36.2. The van der Waals surface area contributed by atoms with Gasteiger partial charge in [0.1, 0.15) is 0 Å². The molecule has 172 valence electrons. The number of hydrogen-bond acceptors (Lipinski definition) is 4. The van der Waals surface area contributed by atoms with E-state index in [2.05, 4.69) is 5.32 Å². The molecule has 1 fully saturated rings. The fraction of sp³-hybridized carbons (Fsp3) is 0.609. The van der Waals surface area contributed by atoms with Crippen molar-refractivity contribution in [3.63, 3.8) is 0 Å². The topological polar surface area (TPSA) is 113 Å². The summed E-state index contributed by atoms with van der Waals surface area (Å²) in [5.74, 6) is -2.74. The number of ether oxygens (including phenoxy) is 1. The van der Waals surface area contributed by atoms with Crippen molar-refractivity contribution in [1.82, 2.24) is 5.32 Å². The molecule has 2 unspecified atom stereocenters. The lowest BCUT2D eigenvalue weighted by Crippen LogP contribution is -2.48. The van der Waals surface area contributed by atoms with Crippen molar-refractivity contribution < 1.29 is 29.3 Å². The van der Waals surface area contributed by atoms with Gasteiger partial charge in [0.05, 0.1) is 37.0 Å². The molecule has 8 heteroatoms. The van der Waals surface area contributed by atoms with E-state index in [4.69, 9.17) is 16.3 Å². The Morgan fingerprint density at radius 3 is 2.35 bits per heavy atom. The van der Waals surface area contributed by atoms with Gasteiger partial charge in [-0.3, -0.25) is 14.4 Å². The zero-order valence-electron chi connectivity index (χ0n) is 17.9. The first-order valence-electron chi connectivity index (χ1n) is 10.8. The summed E-state index contributed by atoms with van der Waals surface area (Å²) in [6.07, 6.45) is 4.25. The molecule has 1 amide bonds. The second-order valence-electron chi connectivity index (χ2n) is 8.43. The van der Waals surface area contributed by atoms with E-state index in [1.165, 1.54) is 0 Å². The molecule has 0 saturated heterocycles. The maximum atomic E-state index is 13.2. The Balaban J connectivity index is 2.02. The van der Waals surface area contributed by atoms with Crippen LogP contribution in [0.2, 0.25) is 5.02 Å². The molecule has 0 aliphatic heterocycles. The van der Waals surface area contributed by atoms with Crippen molar-refractivity contribution in [2.45, 2.75) is 70.9 Å². The number of benzene rings is 1. The van der Waals surface area contributed by atoms with Gasteiger partial charge < -0.3 is 20.3 Å². The van der Waals surface area contributed by atoms with Crippen LogP contribution < -0.4 is 5.32 Å². The van der Waals surface area contributed by atoms with Gasteiger partial charge in [-0.25, -0.2) is 0 Å². The largest absolute Gasteiger partial charge is 0.481 e. The molecule has 0 bridgehead atoms. The minimum atomic E-state index is -1.03. The smallest absolute Gasteiger partial charge is 0.306 e. The second-order valence-corrected chi connectivity index (χ2v) is 8.86. The third-order valence-electron chi connectivity index (χ3n) is 5.92. The van der Waals surface area contributed by atoms with Gasteiger partial charge in [0.25, 0.3) is 0 Å². The van der Waals surface area contributed by atoms with E-state index in [-0.39, 0.29) is 32.0 Å². The molecule has 0 spiro atoms. The summed E-state index contributed by atoms with van der Waals surface area (Å²) in [5, 5.41) is 22.3. The number of nitrogens with one attached hydrogen (secondary N) is 1. The Labute approximate surface area is 188 Å². The van der Waals surface area contributed by atoms with E-state index < -0.39 is 29.3 Å². The van der Waals surface area contributed by atoms with Gasteiger partial charge in [-0.2, -0.15) is 0 Å². The minimum Gasteiger partial charge on any atom is -0.481 e. The van der Waals surface area contributed by atoms with Crippen molar-refractivity contribution in [3.05, 3.63) is 34.9 Å². The zero-order valence-corrected chi connectivity index (χ0v) is 18.7. The quantitative estimate of drug-likeness (QED) is 0.411. The van der Waals surface area contributed by atoms with Gasteiger partial charge in [-0.1, -0.05) is 49.9 Å². The van der Waals surface area contributed by atoms with Crippen LogP contribution in [0.3, 0.4) is 0 Å². The average Bonchev–Trinajstić information content (AvgIpc) is 3.18. The summed E-state index contributed by atoms with van der Waals surface area (Å²) >= 11 is 5.87. The maximum Gasteiger partial charge on any atom is 0.306 e. The molecule has 2 atom stereocenters. The zero-order chi connectivity index (χ0) is 22.9. The predicted octanol–water partition coefficient (Wildman–Crippen LogP) is 4.27. The molecular weight excluding hydrogens is 422 g/mol. The average molecular weight is 454 g/mol. The van der Waals surface area contributed by atoms with Crippen molar-refractivity contribution >= 4 is 29.4 Å². The lowest BCUT2D eigenvalue weighted by Gasteiger charge is -2.32. The van der Waals surface area contributed by atoms with Crippen molar-refractivity contribution in [3.8, 4) is 0 Å². The number of aliphatic carboxylic acids is 2. The Kier molecular flexibility index (Phi) is 9.78. The molecule has 31 heavy (non-hydrogen) atoms. The highest BCUT2D eigenvalue weighted by Gasteiger charge is 2.44. The highest BCUT2D eigenvalue weighted by atomic mass is 35.5. The van der Waals surface area contributed by atoms with E-state index in [0.29, 0.717) is 24.3 Å². The molecule has 0 aromatic heterocycles. The van der Waals surface area contributed by atoms with Crippen molar-refractivity contribution in [2.75, 3.05) is 6.61 Å². The number of halogens is 1. The Morgan fingerprint density at radius 2 is 1.81 bits per heavy atom. The molecule has 1 aliphatic rings. The SMILES string of the molecule is CCCC(CC1(C(=O)NC(COCc2ccc(Cl)cc2)CC(=O)O)CCCC1)C(=O)O. The fourth-order valence-corrected chi connectivity index (χ4v) is 4.44. The molecule has 1 aromatic rings. The highest BCUT2D eigenvalue weighted by molar-refractivity contribution is 6.30. The van der Waals surface area contributed by atoms with Crippen LogP contribution in [0.15, 0.2) is 24.3 Å². The van der Waals surface area contributed by atoms with Crippen LogP contribution in [0.5, 0.6) is 0 Å². The number of carboxylic acids is 2. The lowest BCUT2D eigenvalue weighted by atomic mass is 9.75. The van der Waals surface area contributed by atoms with Gasteiger partial charge in [-0.15, -0.1) is 0 Å². The first-order chi connectivity index (χ1) is 14.8. The van der Waals surface area contributed by atoms with E-state index in [1.807, 2.05) is 19.1 Å². The summed E-state index contributed by atoms with van der Waals surface area (Å²) < 4.78 is 5.66. The number of carboxylic acid groups (broad SMARTS) is 2. The molecule has 1 aromatic carbocycles. The molecule has 3 N–H and O–H groups in total. The molecule has 1 saturated carbocycles. The second kappa shape index (κ2) is 12.1. The maximum absolute atomic E-state index is 13.2. The summed E-state index contributed by atoms with van der Waals surface area (Å²) in [5.41, 5.74) is 0.131. The molecule has 0 radical (unpaired) electrons. The highest BCUT2D eigenvalue weighted by Crippen LogP contribution is 2.44. The van der Waals surface area contributed by atoms with Crippen LogP contribution >= 0.6 is 11.6 Å². The predicted molar refractivity (Wildman–Crippen MR) is 117 cm³/mol. The fourth-order valence-electron chi connectivity index (χ4n) is 4.31. The monoisotopic (exact) mass is 453 g/mol. The number of carbonyl (C=O) groups is 3. The van der Waals surface area contributed by atoms with E-state index >= 15 is 0 Å². The minimum absolute atomic E-state index is 0.0497. The molecule has 2 rings (SSSR count). The molecular formula is C23H32ClNO6. The van der Waals surface area contributed by atoms with E-state index in [9.17, 15) is 24.6 Å². The van der Waals surface area contributed by atoms with Crippen molar-refractivity contribution in [2.24, 2.45) is 11.3 Å². The van der Waals surface area contributed by atoms with E-state index in [0.717, 1.165) is 24.8 Å². The Hall–Kier alpha value is -2.12. The van der Waals surface area contributed by atoms with Gasteiger partial charge in [0, 0.05) is 5.02 Å². The number of amides is 1. The summed E-state index contributed by atoms with van der Waals surface area (Å²) in [6.45, 7) is 2.25. The first kappa shape index (κ1) is 25.1. The Morgan fingerprint density at radius 1 is 1.16 bits per heavy atom. The van der Waals surface area contributed by atoms with Crippen LogP contribution in [0.1, 0.15) is 63.9 Å². The van der Waals surface area contributed by atoms with Crippen molar-refractivity contribution in [1.29, 1.82) is 0 Å². The van der Waals surface area contributed by atoms with Crippen LogP contribution in [-0.4, -0.2) is 40.7 Å². The number of carbonyl (C=O) groups excluding carboxylic acids is 1.